The van der Waals surface area contributed by atoms with Crippen molar-refractivity contribution in [1.82, 2.24) is 5.32 Å². The standard InChI is InChI=1S/C15H25NS/c1-7-13(10-16-15(4,5)6)9-14-8-11(2)17-12(14)3/h8-9,16H,7,10H2,1-6H3. The molecule has 0 aromatic carbocycles. The Morgan fingerprint density at radius 1 is 1.35 bits per heavy atom. The highest BCUT2D eigenvalue weighted by atomic mass is 32.1. The van der Waals surface area contributed by atoms with Crippen LogP contribution in [0.3, 0.4) is 0 Å². The summed E-state index contributed by atoms with van der Waals surface area (Å²) >= 11 is 1.88. The first-order valence-corrected chi connectivity index (χ1v) is 7.15. The highest BCUT2D eigenvalue weighted by Crippen LogP contribution is 2.23. The average Bonchev–Trinajstić information content (AvgIpc) is 2.50. The predicted octanol–water partition coefficient (Wildman–Crippen LogP) is 4.55. The van der Waals surface area contributed by atoms with E-state index in [9.17, 15) is 0 Å². The molecule has 1 aromatic rings. The molecule has 0 radical (unpaired) electrons. The van der Waals surface area contributed by atoms with Crippen molar-refractivity contribution in [3.05, 3.63) is 27.0 Å². The van der Waals surface area contributed by atoms with E-state index in [0.29, 0.717) is 0 Å². The Morgan fingerprint density at radius 2 is 2.00 bits per heavy atom. The third kappa shape index (κ3) is 5.05. The fourth-order valence-electron chi connectivity index (χ4n) is 1.67. The van der Waals surface area contributed by atoms with E-state index >= 15 is 0 Å². The van der Waals surface area contributed by atoms with Gasteiger partial charge in [-0.05, 0) is 52.7 Å². The molecule has 1 N–H and O–H groups in total. The van der Waals surface area contributed by atoms with Gasteiger partial charge in [-0.15, -0.1) is 11.3 Å². The number of thiophene rings is 1. The van der Waals surface area contributed by atoms with Gasteiger partial charge in [0.1, 0.15) is 0 Å². The third-order valence-corrected chi connectivity index (χ3v) is 3.72. The van der Waals surface area contributed by atoms with Crippen molar-refractivity contribution in [2.24, 2.45) is 0 Å². The lowest BCUT2D eigenvalue weighted by Gasteiger charge is -2.21. The van der Waals surface area contributed by atoms with Crippen LogP contribution >= 0.6 is 11.3 Å². The average molecular weight is 251 g/mol. The van der Waals surface area contributed by atoms with Crippen molar-refractivity contribution >= 4 is 17.4 Å². The van der Waals surface area contributed by atoms with Crippen LogP contribution < -0.4 is 5.32 Å². The molecule has 1 nitrogen and oxygen atoms in total. The minimum atomic E-state index is 0.188. The Labute approximate surface area is 110 Å². The smallest absolute Gasteiger partial charge is 0.0172 e. The van der Waals surface area contributed by atoms with Gasteiger partial charge < -0.3 is 5.32 Å². The number of rotatable bonds is 4. The van der Waals surface area contributed by atoms with E-state index in [0.717, 1.165) is 13.0 Å². The van der Waals surface area contributed by atoms with Crippen LogP contribution in [0.15, 0.2) is 11.6 Å². The highest BCUT2D eigenvalue weighted by Gasteiger charge is 2.09. The molecular formula is C15H25NS. The summed E-state index contributed by atoms with van der Waals surface area (Å²) in [5.41, 5.74) is 3.05. The number of hydrogen-bond acceptors (Lipinski definition) is 2. The van der Waals surface area contributed by atoms with Crippen LogP contribution in [-0.4, -0.2) is 12.1 Å². The van der Waals surface area contributed by atoms with Crippen LogP contribution in [0, 0.1) is 13.8 Å². The maximum atomic E-state index is 3.55. The summed E-state index contributed by atoms with van der Waals surface area (Å²) in [5, 5.41) is 3.55. The van der Waals surface area contributed by atoms with Crippen LogP contribution in [0.1, 0.15) is 49.4 Å². The molecule has 0 unspecified atom stereocenters. The van der Waals surface area contributed by atoms with E-state index in [4.69, 9.17) is 0 Å². The van der Waals surface area contributed by atoms with Gasteiger partial charge in [-0.3, -0.25) is 0 Å². The van der Waals surface area contributed by atoms with Gasteiger partial charge in [0.15, 0.2) is 0 Å². The lowest BCUT2D eigenvalue weighted by Crippen LogP contribution is -2.36. The molecule has 96 valence electrons. The van der Waals surface area contributed by atoms with Gasteiger partial charge in [-0.25, -0.2) is 0 Å². The van der Waals surface area contributed by atoms with Gasteiger partial charge in [0.25, 0.3) is 0 Å². The zero-order valence-corrected chi connectivity index (χ0v) is 12.8. The second-order valence-corrected chi connectivity index (χ2v) is 7.09. The van der Waals surface area contributed by atoms with Crippen LogP contribution in [0.4, 0.5) is 0 Å². The summed E-state index contributed by atoms with van der Waals surface area (Å²) < 4.78 is 0. The Kier molecular flexibility index (Phi) is 4.96. The lowest BCUT2D eigenvalue weighted by atomic mass is 10.1. The SMILES string of the molecule is CCC(=Cc1cc(C)sc1C)CNC(C)(C)C. The molecule has 1 rings (SSSR count). The molecule has 2 heteroatoms. The molecule has 0 bridgehead atoms. The summed E-state index contributed by atoms with van der Waals surface area (Å²) in [6.07, 6.45) is 3.45. The monoisotopic (exact) mass is 251 g/mol. The van der Waals surface area contributed by atoms with Crippen molar-refractivity contribution < 1.29 is 0 Å². The first-order valence-electron chi connectivity index (χ1n) is 6.33. The minimum absolute atomic E-state index is 0.188. The van der Waals surface area contributed by atoms with E-state index in [1.54, 1.807) is 0 Å². The molecule has 0 saturated heterocycles. The van der Waals surface area contributed by atoms with Crippen molar-refractivity contribution in [3.8, 4) is 0 Å². The molecule has 0 atom stereocenters. The van der Waals surface area contributed by atoms with Crippen LogP contribution in [0.2, 0.25) is 0 Å². The largest absolute Gasteiger partial charge is 0.308 e. The number of nitrogens with one attached hydrogen (secondary N) is 1. The molecule has 0 aliphatic rings. The van der Waals surface area contributed by atoms with E-state index in [2.05, 4.69) is 59.0 Å². The summed E-state index contributed by atoms with van der Waals surface area (Å²) in [7, 11) is 0. The second kappa shape index (κ2) is 5.83. The fourth-order valence-corrected chi connectivity index (χ4v) is 2.58. The van der Waals surface area contributed by atoms with Gasteiger partial charge in [0.05, 0.1) is 0 Å². The van der Waals surface area contributed by atoms with Crippen LogP contribution in [0.25, 0.3) is 6.08 Å². The summed E-state index contributed by atoms with van der Waals surface area (Å²) in [6.45, 7) is 14.2. The van der Waals surface area contributed by atoms with Gasteiger partial charge in [-0.1, -0.05) is 18.6 Å². The number of hydrogen-bond donors (Lipinski definition) is 1. The van der Waals surface area contributed by atoms with Crippen molar-refractivity contribution in [3.63, 3.8) is 0 Å². The molecule has 0 spiro atoms. The molecule has 0 fully saturated rings. The Morgan fingerprint density at radius 3 is 2.41 bits per heavy atom. The first kappa shape index (κ1) is 14.5. The van der Waals surface area contributed by atoms with Gasteiger partial charge >= 0.3 is 0 Å². The molecule has 0 amide bonds. The van der Waals surface area contributed by atoms with Crippen molar-refractivity contribution in [1.29, 1.82) is 0 Å². The fraction of sp³-hybridized carbons (Fsp3) is 0.600. The summed E-state index contributed by atoms with van der Waals surface area (Å²) in [4.78, 5) is 2.82. The minimum Gasteiger partial charge on any atom is -0.308 e. The Balaban J connectivity index is 2.76. The first-order chi connectivity index (χ1) is 7.81. The summed E-state index contributed by atoms with van der Waals surface area (Å²) in [6, 6.07) is 2.28. The molecule has 0 saturated carbocycles. The molecule has 0 aliphatic carbocycles. The van der Waals surface area contributed by atoms with Gasteiger partial charge in [0, 0.05) is 21.8 Å². The van der Waals surface area contributed by atoms with Crippen molar-refractivity contribution in [2.75, 3.05) is 6.54 Å². The predicted molar refractivity (Wildman–Crippen MR) is 79.8 cm³/mol. The van der Waals surface area contributed by atoms with Crippen LogP contribution in [-0.2, 0) is 0 Å². The Bertz CT molecular complexity index is 394. The second-order valence-electron chi connectivity index (χ2n) is 5.63. The highest BCUT2D eigenvalue weighted by molar-refractivity contribution is 7.12. The quantitative estimate of drug-likeness (QED) is 0.828. The molecule has 0 aliphatic heterocycles. The molecule has 1 heterocycles. The van der Waals surface area contributed by atoms with Gasteiger partial charge in [0.2, 0.25) is 0 Å². The molecule has 1 aromatic heterocycles. The maximum absolute atomic E-state index is 3.55. The zero-order chi connectivity index (χ0) is 13.1. The van der Waals surface area contributed by atoms with E-state index in [-0.39, 0.29) is 5.54 Å². The maximum Gasteiger partial charge on any atom is 0.0172 e. The third-order valence-electron chi connectivity index (χ3n) is 2.74. The topological polar surface area (TPSA) is 12.0 Å². The van der Waals surface area contributed by atoms with E-state index < -0.39 is 0 Å². The van der Waals surface area contributed by atoms with E-state index in [1.165, 1.54) is 20.9 Å². The molecule has 17 heavy (non-hydrogen) atoms. The zero-order valence-electron chi connectivity index (χ0n) is 12.0. The molecular weight excluding hydrogens is 226 g/mol. The Hall–Kier alpha value is -0.600. The lowest BCUT2D eigenvalue weighted by molar-refractivity contribution is 0.443. The van der Waals surface area contributed by atoms with E-state index in [1.807, 2.05) is 11.3 Å². The van der Waals surface area contributed by atoms with Crippen molar-refractivity contribution in [2.45, 2.75) is 53.5 Å². The van der Waals surface area contributed by atoms with Crippen LogP contribution in [0.5, 0.6) is 0 Å². The number of aryl methyl sites for hydroxylation is 2. The van der Waals surface area contributed by atoms with Gasteiger partial charge in [-0.2, -0.15) is 0 Å². The normalized spacial score (nSPS) is 13.2. The summed E-state index contributed by atoms with van der Waals surface area (Å²) in [5.74, 6) is 0.